The summed E-state index contributed by atoms with van der Waals surface area (Å²) in [5.74, 6) is 1.37. The predicted molar refractivity (Wildman–Crippen MR) is 96.6 cm³/mol. The third kappa shape index (κ3) is 3.84. The largest absolute Gasteiger partial charge is 0.435 e. The second-order valence-electron chi connectivity index (χ2n) is 5.76. The molecule has 0 radical (unpaired) electrons. The molecule has 2 aromatic carbocycles. The number of alkyl halides is 2. The van der Waals surface area contributed by atoms with E-state index in [2.05, 4.69) is 25.3 Å². The van der Waals surface area contributed by atoms with Crippen molar-refractivity contribution < 1.29 is 13.5 Å². The lowest BCUT2D eigenvalue weighted by atomic mass is 10.2. The lowest BCUT2D eigenvalue weighted by molar-refractivity contribution is -0.0498. The fourth-order valence-corrected chi connectivity index (χ4v) is 2.67. The van der Waals surface area contributed by atoms with E-state index in [4.69, 9.17) is 0 Å². The number of aromatic nitrogens is 4. The minimum absolute atomic E-state index is 0.123. The van der Waals surface area contributed by atoms with E-state index in [1.54, 1.807) is 22.7 Å². The van der Waals surface area contributed by atoms with E-state index in [9.17, 15) is 8.78 Å². The quantitative estimate of drug-likeness (QED) is 0.558. The molecule has 8 heteroatoms. The van der Waals surface area contributed by atoms with Gasteiger partial charge < -0.3 is 10.1 Å². The van der Waals surface area contributed by atoms with Crippen LogP contribution < -0.4 is 10.1 Å². The Balaban J connectivity index is 1.55. The molecule has 6 nitrogen and oxygen atoms in total. The predicted octanol–water partition coefficient (Wildman–Crippen LogP) is 4.00. The summed E-state index contributed by atoms with van der Waals surface area (Å²) in [4.78, 5) is 0. The molecule has 27 heavy (non-hydrogen) atoms. The Morgan fingerprint density at radius 1 is 0.963 bits per heavy atom. The summed E-state index contributed by atoms with van der Waals surface area (Å²) < 4.78 is 30.8. The van der Waals surface area contributed by atoms with Crippen LogP contribution in [0.3, 0.4) is 0 Å². The Bertz CT molecular complexity index is 1050. The van der Waals surface area contributed by atoms with Crippen LogP contribution in [0, 0.1) is 0 Å². The highest BCUT2D eigenvalue weighted by molar-refractivity contribution is 5.59. The molecule has 0 aliphatic heterocycles. The van der Waals surface area contributed by atoms with Gasteiger partial charge in [0.2, 0.25) is 0 Å². The molecule has 136 valence electrons. The molecule has 4 rings (SSSR count). The van der Waals surface area contributed by atoms with Crippen LogP contribution in [0.2, 0.25) is 0 Å². The van der Waals surface area contributed by atoms with Gasteiger partial charge in [0.25, 0.3) is 0 Å². The molecule has 2 heterocycles. The molecule has 0 bridgehead atoms. The topological polar surface area (TPSA) is 64.3 Å². The molecule has 4 aromatic rings. The maximum Gasteiger partial charge on any atom is 0.387 e. The highest BCUT2D eigenvalue weighted by atomic mass is 19.3. The smallest absolute Gasteiger partial charge is 0.387 e. The first kappa shape index (κ1) is 16.9. The van der Waals surface area contributed by atoms with E-state index in [1.807, 2.05) is 42.5 Å². The normalized spacial score (nSPS) is 11.1. The van der Waals surface area contributed by atoms with Crippen molar-refractivity contribution in [3.05, 3.63) is 72.3 Å². The summed E-state index contributed by atoms with van der Waals surface area (Å²) in [6.45, 7) is -2.44. The van der Waals surface area contributed by atoms with Gasteiger partial charge >= 0.3 is 6.61 Å². The lowest BCUT2D eigenvalue weighted by Gasteiger charge is -2.09. The molecule has 0 aliphatic rings. The number of nitrogens with one attached hydrogen (secondary N) is 1. The highest BCUT2D eigenvalue weighted by Crippen LogP contribution is 2.19. The van der Waals surface area contributed by atoms with Crippen molar-refractivity contribution in [3.8, 4) is 17.1 Å². The summed E-state index contributed by atoms with van der Waals surface area (Å²) in [6.07, 6.45) is 0. The number of ether oxygens (including phenoxy) is 1. The molecular weight excluding hydrogens is 352 g/mol. The van der Waals surface area contributed by atoms with E-state index < -0.39 is 6.61 Å². The standard InChI is InChI=1S/C19H15F2N5O/c20-19(21)27-15-8-4-5-13(11-15)12-22-16-9-10-17-23-24-18(26(17)25-16)14-6-2-1-3-7-14/h1-11,19H,12H2,(H,22,25). The Labute approximate surface area is 153 Å². The van der Waals surface area contributed by atoms with Gasteiger partial charge in [-0.15, -0.1) is 15.3 Å². The Kier molecular flexibility index (Phi) is 4.61. The number of halogens is 2. The second-order valence-corrected chi connectivity index (χ2v) is 5.76. The molecule has 0 spiro atoms. The van der Waals surface area contributed by atoms with E-state index in [-0.39, 0.29) is 5.75 Å². The van der Waals surface area contributed by atoms with E-state index >= 15 is 0 Å². The van der Waals surface area contributed by atoms with Crippen LogP contribution in [0.4, 0.5) is 14.6 Å². The highest BCUT2D eigenvalue weighted by Gasteiger charge is 2.10. The van der Waals surface area contributed by atoms with Crippen LogP contribution in [0.1, 0.15) is 5.56 Å². The van der Waals surface area contributed by atoms with Crippen molar-refractivity contribution in [2.24, 2.45) is 0 Å². The maximum absolute atomic E-state index is 12.3. The van der Waals surface area contributed by atoms with Crippen LogP contribution in [-0.2, 0) is 6.54 Å². The van der Waals surface area contributed by atoms with Crippen molar-refractivity contribution in [1.29, 1.82) is 0 Å². The maximum atomic E-state index is 12.3. The molecule has 0 saturated carbocycles. The fraction of sp³-hybridized carbons (Fsp3) is 0.105. The first-order chi connectivity index (χ1) is 13.2. The third-order valence-corrected chi connectivity index (χ3v) is 3.89. The monoisotopic (exact) mass is 367 g/mol. The molecule has 0 fully saturated rings. The van der Waals surface area contributed by atoms with Gasteiger partial charge in [-0.2, -0.15) is 13.3 Å². The Morgan fingerprint density at radius 2 is 1.81 bits per heavy atom. The zero-order valence-corrected chi connectivity index (χ0v) is 14.1. The summed E-state index contributed by atoms with van der Waals surface area (Å²) in [5, 5.41) is 16.0. The average Bonchev–Trinajstić information content (AvgIpc) is 3.10. The van der Waals surface area contributed by atoms with Crippen molar-refractivity contribution in [1.82, 2.24) is 19.8 Å². The average molecular weight is 367 g/mol. The number of hydrogen-bond acceptors (Lipinski definition) is 5. The lowest BCUT2D eigenvalue weighted by Crippen LogP contribution is -2.06. The minimum atomic E-state index is -2.84. The van der Waals surface area contributed by atoms with Gasteiger partial charge in [-0.3, -0.25) is 0 Å². The van der Waals surface area contributed by atoms with Crippen LogP contribution in [0.5, 0.6) is 5.75 Å². The molecule has 0 amide bonds. The molecular formula is C19H15F2N5O. The van der Waals surface area contributed by atoms with Gasteiger partial charge in [-0.1, -0.05) is 42.5 Å². The first-order valence-electron chi connectivity index (χ1n) is 8.24. The number of nitrogens with zero attached hydrogens (tertiary/aromatic N) is 4. The summed E-state index contributed by atoms with van der Waals surface area (Å²) >= 11 is 0. The Morgan fingerprint density at radius 3 is 2.63 bits per heavy atom. The molecule has 2 aromatic heterocycles. The number of fused-ring (bicyclic) bond motifs is 1. The number of benzene rings is 2. The van der Waals surface area contributed by atoms with Gasteiger partial charge in [0.1, 0.15) is 11.6 Å². The Hall–Kier alpha value is -3.55. The van der Waals surface area contributed by atoms with Crippen molar-refractivity contribution in [3.63, 3.8) is 0 Å². The third-order valence-electron chi connectivity index (χ3n) is 3.89. The van der Waals surface area contributed by atoms with E-state index in [0.717, 1.165) is 11.1 Å². The molecule has 0 aliphatic carbocycles. The molecule has 0 unspecified atom stereocenters. The molecule has 0 saturated heterocycles. The van der Waals surface area contributed by atoms with Crippen molar-refractivity contribution in [2.75, 3.05) is 5.32 Å². The molecule has 1 N–H and O–H groups in total. The van der Waals surface area contributed by atoms with Crippen LogP contribution in [0.25, 0.3) is 17.0 Å². The first-order valence-corrected chi connectivity index (χ1v) is 8.24. The van der Waals surface area contributed by atoms with Gasteiger partial charge in [0, 0.05) is 12.1 Å². The van der Waals surface area contributed by atoms with Gasteiger partial charge in [0.05, 0.1) is 0 Å². The van der Waals surface area contributed by atoms with Crippen LogP contribution >= 0.6 is 0 Å². The van der Waals surface area contributed by atoms with Gasteiger partial charge in [0.15, 0.2) is 11.5 Å². The zero-order valence-electron chi connectivity index (χ0n) is 14.1. The van der Waals surface area contributed by atoms with Gasteiger partial charge in [-0.25, -0.2) is 0 Å². The zero-order chi connectivity index (χ0) is 18.6. The van der Waals surface area contributed by atoms with Crippen molar-refractivity contribution >= 4 is 11.5 Å². The van der Waals surface area contributed by atoms with Gasteiger partial charge in [-0.05, 0) is 29.8 Å². The number of hydrogen-bond donors (Lipinski definition) is 1. The van der Waals surface area contributed by atoms with Crippen LogP contribution in [0.15, 0.2) is 66.7 Å². The van der Waals surface area contributed by atoms with E-state index in [1.165, 1.54) is 6.07 Å². The van der Waals surface area contributed by atoms with Crippen molar-refractivity contribution in [2.45, 2.75) is 13.2 Å². The molecule has 0 atom stereocenters. The minimum Gasteiger partial charge on any atom is -0.435 e. The van der Waals surface area contributed by atoms with E-state index in [0.29, 0.717) is 23.8 Å². The summed E-state index contributed by atoms with van der Waals surface area (Å²) in [6, 6.07) is 19.8. The SMILES string of the molecule is FC(F)Oc1cccc(CNc2ccc3nnc(-c4ccccc4)n3n2)c1. The summed E-state index contributed by atoms with van der Waals surface area (Å²) in [5.41, 5.74) is 2.33. The number of anilines is 1. The summed E-state index contributed by atoms with van der Waals surface area (Å²) in [7, 11) is 0. The second kappa shape index (κ2) is 7.36. The fourth-order valence-electron chi connectivity index (χ4n) is 2.67. The number of rotatable bonds is 6. The van der Waals surface area contributed by atoms with Crippen LogP contribution in [-0.4, -0.2) is 26.4 Å².